The summed E-state index contributed by atoms with van der Waals surface area (Å²) in [5.74, 6) is 24.4. The third-order valence-corrected chi connectivity index (χ3v) is 20.2. The van der Waals surface area contributed by atoms with E-state index in [-0.39, 0.29) is 50.3 Å². The zero-order chi connectivity index (χ0) is 76.6. The number of nitrogens with zero attached hydrogens (tertiary/aromatic N) is 12. The van der Waals surface area contributed by atoms with E-state index in [2.05, 4.69) is 126 Å². The van der Waals surface area contributed by atoms with Crippen LogP contribution in [-0.2, 0) is 28.6 Å². The Bertz CT molecular complexity index is 4800. The van der Waals surface area contributed by atoms with Crippen molar-refractivity contribution in [1.82, 2.24) is 49.8 Å². The Hall–Kier alpha value is -9.92. The maximum absolute atomic E-state index is 12.8. The minimum atomic E-state index is -0.591. The molecule has 548 valence electrons. The standard InChI is InChI=1S/C27H30N4O2S.C26H29N5O3S.C26H28N4O3S.H3NO/c1-8-9-10-19-11-13-20(14-12-19)24-23-16(2)17(3)34-26(23)31-18(4)29-30-25(31)21(28-24)15-22(32)33-27(5,6)7;1-15-16(2)35-25-22(15)23(19-11-9-18(10-12-19)8-7-13-27-33)28-20(14-21(32)34-26(4,5)6)24-30-29-17(3)31(24)25;1-15-16(2)34-25-22(15)23(19-11-9-18(10-12-19)8-7-13-31)27-20(14-21(32)33-26(4,5)6)24-29-28-17(3)30(24)25;1-2/h11-14,21H,8,15H2,1-7H3;9-12,20,27,33H,13-14H2,1-6H3;9-12,20,31H,13-14H2,1-6H3;2H,1H2/t21-;2*20-;/m000./s1. The SMILES string of the molecule is CCC#Cc1ccc(C2=N[C@@H](CC(=O)OC(C)(C)C)c3nnc(C)n3-c3sc(C)c(C)c32)cc1.Cc1sc2c(c1C)C(c1ccc(C#CCNO)cc1)=N[C@@H](CC(=O)OC(C)(C)C)c1nnc(C)n1-2.Cc1sc2c(c1C)C(c1ccc(C#CCO)cc1)=N[C@@H](CC(=O)OC(C)(C)C)c1nnc(C)n1-2.NO. The fraction of sp³-hybridized carbons (Fsp3) is 0.392. The molecule has 3 aliphatic rings. The van der Waals surface area contributed by atoms with Gasteiger partial charge in [0, 0.05) is 71.1 Å². The molecule has 6 aromatic heterocycles. The Morgan fingerprint density at radius 1 is 0.457 bits per heavy atom. The van der Waals surface area contributed by atoms with E-state index in [0.717, 1.165) is 117 Å². The van der Waals surface area contributed by atoms with Gasteiger partial charge in [-0.3, -0.25) is 43.1 Å². The van der Waals surface area contributed by atoms with Gasteiger partial charge in [-0.1, -0.05) is 78.8 Å². The van der Waals surface area contributed by atoms with Gasteiger partial charge in [0.25, 0.3) is 0 Å². The summed E-state index contributed by atoms with van der Waals surface area (Å²) in [6.07, 6.45) is 1.03. The van der Waals surface area contributed by atoms with Gasteiger partial charge in [-0.05, 0) is 178 Å². The number of nitrogens with two attached hydrogens (primary N) is 1. The first-order valence-corrected chi connectivity index (χ1v) is 36.7. The molecule has 3 aliphatic heterocycles. The van der Waals surface area contributed by atoms with Crippen LogP contribution in [0.3, 0.4) is 0 Å². The lowest BCUT2D eigenvalue weighted by Crippen LogP contribution is -2.25. The van der Waals surface area contributed by atoms with Gasteiger partial charge in [-0.15, -0.1) is 64.6 Å². The smallest absolute Gasteiger partial charge is 0.308 e. The molecule has 0 saturated heterocycles. The van der Waals surface area contributed by atoms with Crippen LogP contribution < -0.4 is 11.4 Å². The van der Waals surface area contributed by atoms with Crippen LogP contribution in [0.2, 0.25) is 0 Å². The number of nitrogens with one attached hydrogen (secondary N) is 1. The molecule has 105 heavy (non-hydrogen) atoms. The van der Waals surface area contributed by atoms with Crippen LogP contribution in [0.15, 0.2) is 87.8 Å². The van der Waals surface area contributed by atoms with Crippen molar-refractivity contribution < 1.29 is 44.1 Å². The van der Waals surface area contributed by atoms with Crippen molar-refractivity contribution in [2.45, 2.75) is 192 Å². The van der Waals surface area contributed by atoms with E-state index in [1.807, 2.05) is 170 Å². The zero-order valence-corrected chi connectivity index (χ0v) is 65.3. The molecule has 0 fully saturated rings. The fourth-order valence-electron chi connectivity index (χ4n) is 11.8. The predicted octanol–water partition coefficient (Wildman–Crippen LogP) is 13.4. The van der Waals surface area contributed by atoms with Crippen molar-refractivity contribution in [3.63, 3.8) is 0 Å². The van der Waals surface area contributed by atoms with Gasteiger partial charge in [0.2, 0.25) is 0 Å². The molecule has 3 aromatic carbocycles. The van der Waals surface area contributed by atoms with Gasteiger partial charge in [0.15, 0.2) is 17.5 Å². The second-order valence-corrected chi connectivity index (χ2v) is 31.7. The van der Waals surface area contributed by atoms with Crippen molar-refractivity contribution in [3.05, 3.63) is 189 Å². The maximum Gasteiger partial charge on any atom is 0.308 e. The van der Waals surface area contributed by atoms with Crippen LogP contribution in [0, 0.1) is 97.8 Å². The quantitative estimate of drug-likeness (QED) is 0.0368. The first-order valence-electron chi connectivity index (χ1n) is 34.2. The highest BCUT2D eigenvalue weighted by molar-refractivity contribution is 7.15. The third-order valence-electron chi connectivity index (χ3n) is 16.7. The number of hydrogen-bond donors (Lipinski definition) is 5. The molecule has 0 bridgehead atoms. The molecular weight excluding hydrogens is 1390 g/mol. The summed E-state index contributed by atoms with van der Waals surface area (Å²) in [6, 6.07) is 22.1. The van der Waals surface area contributed by atoms with Crippen molar-refractivity contribution in [3.8, 4) is 50.5 Å². The summed E-state index contributed by atoms with van der Waals surface area (Å²) >= 11 is 5.04. The maximum atomic E-state index is 12.8. The van der Waals surface area contributed by atoms with Gasteiger partial charge in [-0.25, -0.2) is 5.90 Å². The van der Waals surface area contributed by atoms with E-state index in [1.165, 1.54) is 20.2 Å². The summed E-state index contributed by atoms with van der Waals surface area (Å²) in [6.45, 7) is 37.1. The summed E-state index contributed by atoms with van der Waals surface area (Å²) < 4.78 is 22.9. The molecular formula is C79H90N14O9S3. The van der Waals surface area contributed by atoms with Crippen molar-refractivity contribution in [2.75, 3.05) is 13.2 Å². The summed E-state index contributed by atoms with van der Waals surface area (Å²) in [5, 5.41) is 53.5. The van der Waals surface area contributed by atoms with E-state index in [4.69, 9.17) is 44.7 Å². The monoisotopic (exact) mass is 1470 g/mol. The van der Waals surface area contributed by atoms with Gasteiger partial charge in [0.05, 0.1) is 42.9 Å². The van der Waals surface area contributed by atoms with Crippen LogP contribution in [0.5, 0.6) is 0 Å². The van der Waals surface area contributed by atoms with E-state index < -0.39 is 34.9 Å². The molecule has 0 radical (unpaired) electrons. The Balaban J connectivity index is 0.000000180. The van der Waals surface area contributed by atoms with Crippen molar-refractivity contribution in [1.29, 1.82) is 0 Å². The Morgan fingerprint density at radius 3 is 0.990 bits per heavy atom. The average Bonchev–Trinajstić information content (AvgIpc) is 1.60. The van der Waals surface area contributed by atoms with Crippen LogP contribution in [0.1, 0.15) is 229 Å². The number of aromatic nitrogens is 9. The van der Waals surface area contributed by atoms with Gasteiger partial charge >= 0.3 is 17.9 Å². The van der Waals surface area contributed by atoms with Gasteiger partial charge < -0.3 is 29.7 Å². The largest absolute Gasteiger partial charge is 0.460 e. The zero-order valence-electron chi connectivity index (χ0n) is 62.9. The van der Waals surface area contributed by atoms with Crippen LogP contribution in [0.25, 0.3) is 15.0 Å². The van der Waals surface area contributed by atoms with Gasteiger partial charge in [-0.2, -0.15) is 5.48 Å². The number of ether oxygens (including phenoxy) is 3. The second-order valence-electron chi connectivity index (χ2n) is 28.0. The number of aliphatic imine (C=N–C) groups is 3. The van der Waals surface area contributed by atoms with Crippen LogP contribution in [0.4, 0.5) is 0 Å². The number of carbonyl (C=O) groups is 3. The fourth-order valence-corrected chi connectivity index (χ4v) is 15.5. The minimum absolute atomic E-state index is 0.0591. The van der Waals surface area contributed by atoms with Crippen LogP contribution in [-0.4, -0.2) is 125 Å². The molecule has 0 spiro atoms. The highest BCUT2D eigenvalue weighted by Crippen LogP contribution is 2.44. The Morgan fingerprint density at radius 2 is 0.733 bits per heavy atom. The number of aliphatic hydroxyl groups is 1. The molecule has 0 aliphatic carbocycles. The molecule has 9 aromatic rings. The number of carbonyl (C=O) groups excluding carboxylic acids is 3. The number of thiophene rings is 3. The molecule has 3 atom stereocenters. The van der Waals surface area contributed by atoms with E-state index in [0.29, 0.717) is 17.5 Å². The Kier molecular flexibility index (Phi) is 25.2. The molecule has 0 saturated carbocycles. The number of hydroxylamine groups is 1. The molecule has 12 rings (SSSR count). The number of aliphatic hydroxyl groups excluding tert-OH is 1. The number of fused-ring (bicyclic) bond motifs is 9. The molecule has 0 amide bonds. The average molecular weight is 1480 g/mol. The number of aryl methyl sites for hydroxylation is 6. The number of benzene rings is 3. The summed E-state index contributed by atoms with van der Waals surface area (Å²) in [5.41, 5.74) is 14.7. The number of esters is 3. The first-order chi connectivity index (χ1) is 49.8. The van der Waals surface area contributed by atoms with E-state index >= 15 is 0 Å². The number of rotatable bonds is 10. The molecule has 9 heterocycles. The summed E-state index contributed by atoms with van der Waals surface area (Å²) in [7, 11) is 0. The molecule has 0 unspecified atom stereocenters. The summed E-state index contributed by atoms with van der Waals surface area (Å²) in [4.78, 5) is 57.4. The Labute approximate surface area is 625 Å². The normalized spacial score (nSPS) is 14.7. The molecule has 6 N–H and O–H groups in total. The lowest BCUT2D eigenvalue weighted by Gasteiger charge is -2.21. The molecule has 23 nitrogen and oxygen atoms in total. The predicted molar refractivity (Wildman–Crippen MR) is 410 cm³/mol. The topological polar surface area (TPSA) is 307 Å². The van der Waals surface area contributed by atoms with Gasteiger partial charge in [0.1, 0.15) is 74.0 Å². The van der Waals surface area contributed by atoms with Crippen LogP contribution >= 0.6 is 34.0 Å². The highest BCUT2D eigenvalue weighted by atomic mass is 32.1. The lowest BCUT2D eigenvalue weighted by molar-refractivity contribution is -0.156. The van der Waals surface area contributed by atoms with E-state index in [9.17, 15) is 14.4 Å². The lowest BCUT2D eigenvalue weighted by atomic mass is 9.98. The number of hydrogen-bond acceptors (Lipinski definition) is 23. The van der Waals surface area contributed by atoms with E-state index in [1.54, 1.807) is 34.0 Å². The first kappa shape index (κ1) is 79.2. The second kappa shape index (κ2) is 33.5. The third kappa shape index (κ3) is 18.6. The van der Waals surface area contributed by atoms with Crippen molar-refractivity contribution in [2.24, 2.45) is 20.9 Å². The minimum Gasteiger partial charge on any atom is -0.460 e. The molecule has 26 heteroatoms. The van der Waals surface area contributed by atoms with Crippen molar-refractivity contribution >= 4 is 69.1 Å². The highest BCUT2D eigenvalue weighted by Gasteiger charge is 2.38.